The Kier molecular flexibility index (Phi) is 3.63. The van der Waals surface area contributed by atoms with Crippen LogP contribution < -0.4 is 0 Å². The molecule has 4 rings (SSSR count). The lowest BCUT2D eigenvalue weighted by Crippen LogP contribution is -2.39. The van der Waals surface area contributed by atoms with Crippen LogP contribution in [0.2, 0.25) is 0 Å². The molecule has 2 aliphatic rings. The monoisotopic (exact) mass is 339 g/mol. The first kappa shape index (κ1) is 15.9. The number of rotatable bonds is 2. The molecule has 2 fully saturated rings. The first-order valence-corrected chi connectivity index (χ1v) is 8.54. The number of aromatic nitrogens is 1. The van der Waals surface area contributed by atoms with Gasteiger partial charge in [-0.15, -0.1) is 0 Å². The Balaban J connectivity index is 1.71. The number of amides is 2. The second-order valence-corrected chi connectivity index (χ2v) is 7.08. The summed E-state index contributed by atoms with van der Waals surface area (Å²) < 4.78 is 5.04. The van der Waals surface area contributed by atoms with Crippen molar-refractivity contribution in [3.63, 3.8) is 0 Å². The molecule has 3 heterocycles. The van der Waals surface area contributed by atoms with Gasteiger partial charge in [0.15, 0.2) is 0 Å². The van der Waals surface area contributed by atoms with E-state index in [1.807, 2.05) is 25.2 Å². The van der Waals surface area contributed by atoms with E-state index in [1.165, 1.54) is 6.20 Å². The third-order valence-electron chi connectivity index (χ3n) is 5.68. The number of aryl methyl sites for hydroxylation is 1. The van der Waals surface area contributed by atoms with Crippen LogP contribution in [0.3, 0.4) is 0 Å². The van der Waals surface area contributed by atoms with Crippen molar-refractivity contribution in [2.45, 2.75) is 19.3 Å². The van der Waals surface area contributed by atoms with Crippen LogP contribution in [-0.2, 0) is 4.79 Å². The number of hydrogen-bond acceptors (Lipinski definition) is 4. The van der Waals surface area contributed by atoms with E-state index in [4.69, 9.17) is 4.52 Å². The van der Waals surface area contributed by atoms with Gasteiger partial charge in [-0.25, -0.2) is 0 Å². The molecule has 1 aromatic carbocycles. The summed E-state index contributed by atoms with van der Waals surface area (Å²) in [7, 11) is 1.84. The van der Waals surface area contributed by atoms with E-state index < -0.39 is 5.41 Å². The Bertz CT molecular complexity index is 816. The zero-order chi connectivity index (χ0) is 17.6. The highest BCUT2D eigenvalue weighted by Crippen LogP contribution is 2.49. The van der Waals surface area contributed by atoms with Crippen LogP contribution >= 0.6 is 0 Å². The standard InChI is InChI=1S/C19H21N3O3/c1-13-15(10-20-25-13)17(23)22-11-16(14-6-4-3-5-7-14)19(12-22)8-9-21(2)18(19)24/h3-7,10,16H,8-9,11-12H2,1-2H3/t16-,19+/m1/s1. The summed E-state index contributed by atoms with van der Waals surface area (Å²) in [6, 6.07) is 10.0. The summed E-state index contributed by atoms with van der Waals surface area (Å²) in [5.74, 6) is 0.546. The fraction of sp³-hybridized carbons (Fsp3) is 0.421. The van der Waals surface area contributed by atoms with Gasteiger partial charge in [0.1, 0.15) is 11.3 Å². The maximum atomic E-state index is 13.0. The van der Waals surface area contributed by atoms with E-state index in [1.54, 1.807) is 16.7 Å². The Morgan fingerprint density at radius 2 is 2.08 bits per heavy atom. The minimum Gasteiger partial charge on any atom is -0.361 e. The molecule has 1 spiro atoms. The largest absolute Gasteiger partial charge is 0.361 e. The van der Waals surface area contributed by atoms with E-state index in [-0.39, 0.29) is 17.7 Å². The Labute approximate surface area is 146 Å². The summed E-state index contributed by atoms with van der Waals surface area (Å²) in [6.45, 7) is 3.44. The van der Waals surface area contributed by atoms with Gasteiger partial charge in [0, 0.05) is 32.6 Å². The van der Waals surface area contributed by atoms with Crippen LogP contribution in [0.15, 0.2) is 41.1 Å². The lowest BCUT2D eigenvalue weighted by atomic mass is 9.73. The molecule has 0 aliphatic carbocycles. The highest BCUT2D eigenvalue weighted by molar-refractivity contribution is 5.96. The second-order valence-electron chi connectivity index (χ2n) is 7.08. The molecule has 25 heavy (non-hydrogen) atoms. The van der Waals surface area contributed by atoms with Crippen molar-refractivity contribution >= 4 is 11.8 Å². The van der Waals surface area contributed by atoms with Crippen LogP contribution in [-0.4, -0.2) is 53.5 Å². The maximum Gasteiger partial charge on any atom is 0.259 e. The number of hydrogen-bond donors (Lipinski definition) is 0. The van der Waals surface area contributed by atoms with E-state index in [2.05, 4.69) is 17.3 Å². The van der Waals surface area contributed by atoms with Crippen molar-refractivity contribution in [2.75, 3.05) is 26.7 Å². The normalized spacial score (nSPS) is 26.0. The van der Waals surface area contributed by atoms with Crippen molar-refractivity contribution in [3.05, 3.63) is 53.4 Å². The average molecular weight is 339 g/mol. The van der Waals surface area contributed by atoms with E-state index >= 15 is 0 Å². The molecule has 0 saturated carbocycles. The SMILES string of the molecule is Cc1oncc1C(=O)N1C[C@H](c2ccccc2)[C@]2(CCN(C)C2=O)C1. The Hall–Kier alpha value is -2.63. The molecule has 6 nitrogen and oxygen atoms in total. The van der Waals surface area contributed by atoms with Gasteiger partial charge in [-0.1, -0.05) is 35.5 Å². The highest BCUT2D eigenvalue weighted by Gasteiger charge is 2.57. The number of nitrogens with zero attached hydrogens (tertiary/aromatic N) is 3. The van der Waals surface area contributed by atoms with Gasteiger partial charge in [-0.2, -0.15) is 0 Å². The molecule has 0 unspecified atom stereocenters. The topological polar surface area (TPSA) is 66.7 Å². The Morgan fingerprint density at radius 1 is 1.32 bits per heavy atom. The van der Waals surface area contributed by atoms with Crippen molar-refractivity contribution in [2.24, 2.45) is 5.41 Å². The number of likely N-dealkylation sites (tertiary alicyclic amines) is 2. The summed E-state index contributed by atoms with van der Waals surface area (Å²) in [4.78, 5) is 29.5. The van der Waals surface area contributed by atoms with Gasteiger partial charge in [0.05, 0.1) is 11.6 Å². The van der Waals surface area contributed by atoms with Crippen molar-refractivity contribution < 1.29 is 14.1 Å². The summed E-state index contributed by atoms with van der Waals surface area (Å²) in [5, 5.41) is 3.71. The van der Waals surface area contributed by atoms with Gasteiger partial charge >= 0.3 is 0 Å². The number of benzene rings is 1. The van der Waals surface area contributed by atoms with Crippen molar-refractivity contribution in [1.29, 1.82) is 0 Å². The zero-order valence-electron chi connectivity index (χ0n) is 14.4. The third-order valence-corrected chi connectivity index (χ3v) is 5.68. The van der Waals surface area contributed by atoms with Crippen LogP contribution in [0.25, 0.3) is 0 Å². The Morgan fingerprint density at radius 3 is 2.68 bits per heavy atom. The predicted octanol–water partition coefficient (Wildman–Crippen LogP) is 2.07. The van der Waals surface area contributed by atoms with Crippen LogP contribution in [0, 0.1) is 12.3 Å². The second kappa shape index (κ2) is 5.72. The maximum absolute atomic E-state index is 13.0. The molecule has 2 amide bonds. The van der Waals surface area contributed by atoms with E-state index in [9.17, 15) is 9.59 Å². The highest BCUT2D eigenvalue weighted by atomic mass is 16.5. The zero-order valence-corrected chi connectivity index (χ0v) is 14.4. The minimum absolute atomic E-state index is 0.00951. The molecule has 0 bridgehead atoms. The summed E-state index contributed by atoms with van der Waals surface area (Å²) in [5.41, 5.74) is 1.06. The molecule has 2 saturated heterocycles. The fourth-order valence-corrected chi connectivity index (χ4v) is 4.28. The van der Waals surface area contributed by atoms with Crippen LogP contribution in [0.5, 0.6) is 0 Å². The number of carbonyl (C=O) groups excluding carboxylic acids is 2. The molecule has 0 N–H and O–H groups in total. The lowest BCUT2D eigenvalue weighted by molar-refractivity contribution is -0.134. The van der Waals surface area contributed by atoms with E-state index in [0.29, 0.717) is 24.4 Å². The van der Waals surface area contributed by atoms with Crippen LogP contribution in [0.4, 0.5) is 0 Å². The molecule has 1 aromatic heterocycles. The molecule has 2 atom stereocenters. The van der Waals surface area contributed by atoms with Crippen molar-refractivity contribution in [1.82, 2.24) is 15.0 Å². The number of carbonyl (C=O) groups is 2. The quantitative estimate of drug-likeness (QED) is 0.840. The fourth-order valence-electron chi connectivity index (χ4n) is 4.28. The molecule has 0 radical (unpaired) electrons. The first-order valence-electron chi connectivity index (χ1n) is 8.54. The van der Waals surface area contributed by atoms with E-state index in [0.717, 1.165) is 18.5 Å². The van der Waals surface area contributed by atoms with Gasteiger partial charge in [-0.3, -0.25) is 9.59 Å². The lowest BCUT2D eigenvalue weighted by Gasteiger charge is -2.28. The molecule has 2 aliphatic heterocycles. The average Bonchev–Trinajstić information content (AvgIpc) is 3.30. The van der Waals surface area contributed by atoms with Gasteiger partial charge in [0.2, 0.25) is 5.91 Å². The molecule has 130 valence electrons. The molecule has 2 aromatic rings. The smallest absolute Gasteiger partial charge is 0.259 e. The third kappa shape index (κ3) is 2.35. The van der Waals surface area contributed by atoms with Gasteiger partial charge in [-0.05, 0) is 18.9 Å². The van der Waals surface area contributed by atoms with Crippen molar-refractivity contribution in [3.8, 4) is 0 Å². The molecule has 6 heteroatoms. The first-order chi connectivity index (χ1) is 12.0. The van der Waals surface area contributed by atoms with Gasteiger partial charge in [0.25, 0.3) is 5.91 Å². The predicted molar refractivity (Wildman–Crippen MR) is 91.0 cm³/mol. The van der Waals surface area contributed by atoms with Crippen LogP contribution in [0.1, 0.15) is 34.0 Å². The summed E-state index contributed by atoms with van der Waals surface area (Å²) >= 11 is 0. The minimum atomic E-state index is -0.531. The molecular weight excluding hydrogens is 318 g/mol. The van der Waals surface area contributed by atoms with Gasteiger partial charge < -0.3 is 14.3 Å². The summed E-state index contributed by atoms with van der Waals surface area (Å²) in [6.07, 6.45) is 2.23. The molecular formula is C19H21N3O3.